The first kappa shape index (κ1) is 20.9. The average Bonchev–Trinajstić information content (AvgIpc) is 2.66. The van der Waals surface area contributed by atoms with Crippen molar-refractivity contribution in [2.24, 2.45) is 5.73 Å². The monoisotopic (exact) mass is 390 g/mol. The van der Waals surface area contributed by atoms with Gasteiger partial charge in [0.15, 0.2) is 9.84 Å². The van der Waals surface area contributed by atoms with Crippen LogP contribution in [-0.2, 0) is 16.3 Å². The van der Waals surface area contributed by atoms with Crippen molar-refractivity contribution in [2.75, 3.05) is 30.0 Å². The number of aryl methyl sites for hydroxylation is 1. The van der Waals surface area contributed by atoms with Crippen LogP contribution in [0.3, 0.4) is 0 Å². The Labute approximate surface area is 160 Å². The Balaban J connectivity index is 1.67. The first-order valence-electron chi connectivity index (χ1n) is 8.67. The van der Waals surface area contributed by atoms with Crippen molar-refractivity contribution in [2.45, 2.75) is 12.5 Å². The van der Waals surface area contributed by atoms with Gasteiger partial charge in [-0.25, -0.2) is 8.42 Å². The second-order valence-electron chi connectivity index (χ2n) is 6.31. The molecule has 6 N–H and O–H groups in total. The summed E-state index contributed by atoms with van der Waals surface area (Å²) < 4.78 is 24.1. The maximum atomic E-state index is 12.1. The van der Waals surface area contributed by atoms with E-state index in [9.17, 15) is 13.5 Å². The average molecular weight is 391 g/mol. The molecular formula is C19H26N4O3S. The van der Waals surface area contributed by atoms with Crippen LogP contribution in [0.5, 0.6) is 0 Å². The van der Waals surface area contributed by atoms with E-state index in [1.807, 2.05) is 30.3 Å². The summed E-state index contributed by atoms with van der Waals surface area (Å²) in [6.45, 7) is 0.444. The predicted molar refractivity (Wildman–Crippen MR) is 109 cm³/mol. The van der Waals surface area contributed by atoms with Crippen molar-refractivity contribution >= 4 is 21.4 Å². The molecule has 0 aliphatic heterocycles. The summed E-state index contributed by atoms with van der Waals surface area (Å²) in [6, 6.07) is 16.4. The fourth-order valence-electron chi connectivity index (χ4n) is 2.45. The van der Waals surface area contributed by atoms with Gasteiger partial charge in [-0.05, 0) is 36.2 Å². The molecule has 0 aliphatic carbocycles. The zero-order chi connectivity index (χ0) is 19.7. The van der Waals surface area contributed by atoms with Crippen molar-refractivity contribution in [1.82, 2.24) is 5.32 Å². The van der Waals surface area contributed by atoms with Crippen LogP contribution in [-0.4, -0.2) is 50.2 Å². The Bertz CT molecular complexity index is 824. The molecule has 27 heavy (non-hydrogen) atoms. The van der Waals surface area contributed by atoms with E-state index in [1.54, 1.807) is 24.3 Å². The van der Waals surface area contributed by atoms with Crippen LogP contribution in [0, 0.1) is 5.41 Å². The second-order valence-corrected chi connectivity index (χ2v) is 8.49. The first-order chi connectivity index (χ1) is 12.9. The second kappa shape index (κ2) is 10.1. The summed E-state index contributed by atoms with van der Waals surface area (Å²) in [6.07, 6.45) is -0.257. The van der Waals surface area contributed by atoms with Gasteiger partial charge in [-0.2, -0.15) is 0 Å². The molecule has 2 aromatic carbocycles. The van der Waals surface area contributed by atoms with E-state index in [1.165, 1.54) is 0 Å². The Hall–Kier alpha value is -2.42. The van der Waals surface area contributed by atoms with Crippen molar-refractivity contribution in [3.05, 3.63) is 65.7 Å². The molecule has 7 nitrogen and oxygen atoms in total. The van der Waals surface area contributed by atoms with Gasteiger partial charge in [0.25, 0.3) is 0 Å². The number of nitrogens with two attached hydrogens (primary N) is 1. The number of hydrogen-bond acceptors (Lipinski definition) is 6. The summed E-state index contributed by atoms with van der Waals surface area (Å²) >= 11 is 0. The number of nitrogen functional groups attached to an aromatic ring is 1. The molecule has 0 bridgehead atoms. The molecule has 0 saturated heterocycles. The Morgan fingerprint density at radius 2 is 1.74 bits per heavy atom. The zero-order valence-corrected chi connectivity index (χ0v) is 15.9. The predicted octanol–water partition coefficient (Wildman–Crippen LogP) is 0.948. The maximum Gasteiger partial charge on any atom is 0.163 e. The molecule has 0 fully saturated rings. The normalized spacial score (nSPS) is 12.5. The van der Waals surface area contributed by atoms with Crippen LogP contribution in [0.4, 0.5) is 5.69 Å². The van der Waals surface area contributed by atoms with Crippen molar-refractivity contribution in [1.29, 1.82) is 5.41 Å². The number of hydrogen-bond donors (Lipinski definition) is 5. The number of aliphatic hydroxyl groups is 1. The van der Waals surface area contributed by atoms with Gasteiger partial charge >= 0.3 is 0 Å². The lowest BCUT2D eigenvalue weighted by atomic mass is 10.2. The topological polar surface area (TPSA) is 128 Å². The SMILES string of the molecule is N=C(N)c1ccc(NCC(O)CNCS(=O)(=O)CCc2ccccc2)cc1. The number of sulfone groups is 1. The highest BCUT2D eigenvalue weighted by Crippen LogP contribution is 2.09. The minimum atomic E-state index is -3.23. The molecule has 1 unspecified atom stereocenters. The summed E-state index contributed by atoms with van der Waals surface area (Å²) in [4.78, 5) is 0. The molecule has 2 rings (SSSR count). The van der Waals surface area contributed by atoms with E-state index in [0.29, 0.717) is 12.0 Å². The molecular weight excluding hydrogens is 364 g/mol. The largest absolute Gasteiger partial charge is 0.390 e. The van der Waals surface area contributed by atoms with Gasteiger partial charge in [-0.15, -0.1) is 0 Å². The lowest BCUT2D eigenvalue weighted by molar-refractivity contribution is 0.186. The number of anilines is 1. The summed E-state index contributed by atoms with van der Waals surface area (Å²) in [5.41, 5.74) is 7.80. The number of aliphatic hydroxyl groups excluding tert-OH is 1. The van der Waals surface area contributed by atoms with Crippen LogP contribution in [0.2, 0.25) is 0 Å². The highest BCUT2D eigenvalue weighted by molar-refractivity contribution is 7.91. The highest BCUT2D eigenvalue weighted by atomic mass is 32.2. The van der Waals surface area contributed by atoms with Crippen LogP contribution in [0.1, 0.15) is 11.1 Å². The van der Waals surface area contributed by atoms with Gasteiger partial charge in [-0.1, -0.05) is 30.3 Å². The van der Waals surface area contributed by atoms with Gasteiger partial charge in [-0.3, -0.25) is 5.41 Å². The van der Waals surface area contributed by atoms with Gasteiger partial charge < -0.3 is 21.5 Å². The van der Waals surface area contributed by atoms with Gasteiger partial charge in [0.1, 0.15) is 5.84 Å². The van der Waals surface area contributed by atoms with Gasteiger partial charge in [0.05, 0.1) is 17.7 Å². The Morgan fingerprint density at radius 3 is 2.37 bits per heavy atom. The van der Waals surface area contributed by atoms with Crippen molar-refractivity contribution in [3.63, 3.8) is 0 Å². The number of rotatable bonds is 11. The third-order valence-electron chi connectivity index (χ3n) is 3.98. The Morgan fingerprint density at radius 1 is 1.07 bits per heavy atom. The number of nitrogens with one attached hydrogen (secondary N) is 3. The molecule has 0 radical (unpaired) electrons. The molecule has 0 amide bonds. The van der Waals surface area contributed by atoms with Crippen LogP contribution >= 0.6 is 0 Å². The third-order valence-corrected chi connectivity index (χ3v) is 5.45. The van der Waals surface area contributed by atoms with E-state index in [-0.39, 0.29) is 30.6 Å². The fourth-order valence-corrected chi connectivity index (χ4v) is 3.57. The summed E-state index contributed by atoms with van der Waals surface area (Å²) in [5.74, 6) is -0.0929. The standard InChI is InChI=1S/C19H26N4O3S/c20-19(21)16-6-8-17(9-7-16)23-13-18(24)12-22-14-27(25,26)11-10-15-4-2-1-3-5-15/h1-9,18,22-24H,10-14H2,(H3,20,21). The molecule has 0 spiro atoms. The quantitative estimate of drug-likeness (QED) is 0.287. The summed E-state index contributed by atoms with van der Waals surface area (Å²) in [7, 11) is -3.23. The number of amidine groups is 1. The summed E-state index contributed by atoms with van der Waals surface area (Å²) in [5, 5.41) is 23.2. The number of benzene rings is 2. The highest BCUT2D eigenvalue weighted by Gasteiger charge is 2.12. The molecule has 0 aromatic heterocycles. The van der Waals surface area contributed by atoms with Crippen LogP contribution in [0.25, 0.3) is 0 Å². The molecule has 8 heteroatoms. The smallest absolute Gasteiger partial charge is 0.163 e. The maximum absolute atomic E-state index is 12.1. The molecule has 0 heterocycles. The lowest BCUT2D eigenvalue weighted by Crippen LogP contribution is -2.35. The van der Waals surface area contributed by atoms with Crippen molar-refractivity contribution < 1.29 is 13.5 Å². The van der Waals surface area contributed by atoms with E-state index in [4.69, 9.17) is 11.1 Å². The van der Waals surface area contributed by atoms with Crippen LogP contribution < -0.4 is 16.4 Å². The van der Waals surface area contributed by atoms with Gasteiger partial charge in [0, 0.05) is 24.3 Å². The van der Waals surface area contributed by atoms with E-state index in [2.05, 4.69) is 10.6 Å². The molecule has 1 atom stereocenters. The van der Waals surface area contributed by atoms with E-state index in [0.717, 1.165) is 11.3 Å². The lowest BCUT2D eigenvalue weighted by Gasteiger charge is -2.14. The molecule has 0 saturated carbocycles. The fraction of sp³-hybridized carbons (Fsp3) is 0.316. The zero-order valence-electron chi connectivity index (χ0n) is 15.1. The Kier molecular flexibility index (Phi) is 7.78. The third kappa shape index (κ3) is 7.78. The first-order valence-corrected chi connectivity index (χ1v) is 10.5. The molecule has 146 valence electrons. The molecule has 0 aliphatic rings. The minimum absolute atomic E-state index is 0.000687. The van der Waals surface area contributed by atoms with E-state index >= 15 is 0 Å². The molecule has 2 aromatic rings. The van der Waals surface area contributed by atoms with Crippen LogP contribution in [0.15, 0.2) is 54.6 Å². The van der Waals surface area contributed by atoms with Crippen molar-refractivity contribution in [3.8, 4) is 0 Å². The van der Waals surface area contributed by atoms with E-state index < -0.39 is 15.9 Å². The minimum Gasteiger partial charge on any atom is -0.390 e. The van der Waals surface area contributed by atoms with Gasteiger partial charge in [0.2, 0.25) is 0 Å².